The Balaban J connectivity index is 0.00000169. The van der Waals surface area contributed by atoms with Crippen molar-refractivity contribution >= 4 is 18.4 Å². The molecule has 0 spiro atoms. The van der Waals surface area contributed by atoms with Crippen molar-refractivity contribution < 1.29 is 9.90 Å². The van der Waals surface area contributed by atoms with Gasteiger partial charge in [0, 0.05) is 6.54 Å². The van der Waals surface area contributed by atoms with E-state index < -0.39 is 12.0 Å². The van der Waals surface area contributed by atoms with Crippen LogP contribution in [0.15, 0.2) is 30.3 Å². The summed E-state index contributed by atoms with van der Waals surface area (Å²) in [5.41, 5.74) is 1.09. The molecule has 0 aliphatic rings. The summed E-state index contributed by atoms with van der Waals surface area (Å²) in [6.45, 7) is 2.22. The maximum Gasteiger partial charge on any atom is 0.320 e. The second kappa shape index (κ2) is 6.40. The van der Waals surface area contributed by atoms with E-state index in [1.165, 1.54) is 0 Å². The minimum Gasteiger partial charge on any atom is -0.480 e. The van der Waals surface area contributed by atoms with E-state index in [1.807, 2.05) is 30.3 Å². The Kier molecular flexibility index (Phi) is 5.92. The first-order valence-corrected chi connectivity index (χ1v) is 4.20. The third-order valence-electron chi connectivity index (χ3n) is 1.83. The van der Waals surface area contributed by atoms with E-state index in [4.69, 9.17) is 5.11 Å². The fourth-order valence-electron chi connectivity index (χ4n) is 0.954. The minimum atomic E-state index is -0.823. The molecule has 1 rings (SSSR count). The van der Waals surface area contributed by atoms with Crippen LogP contribution in [0.5, 0.6) is 0 Å². The first-order valence-electron chi connectivity index (χ1n) is 4.20. The molecule has 2 N–H and O–H groups in total. The number of hydrogen-bond acceptors (Lipinski definition) is 2. The largest absolute Gasteiger partial charge is 0.480 e. The molecule has 0 bridgehead atoms. The van der Waals surface area contributed by atoms with Gasteiger partial charge in [0.05, 0.1) is 0 Å². The maximum absolute atomic E-state index is 10.5. The van der Waals surface area contributed by atoms with Crippen LogP contribution in [-0.2, 0) is 11.3 Å². The van der Waals surface area contributed by atoms with Crippen LogP contribution < -0.4 is 5.32 Å². The van der Waals surface area contributed by atoms with Gasteiger partial charge in [-0.2, -0.15) is 0 Å². The normalized spacial score (nSPS) is 11.5. The van der Waals surface area contributed by atoms with Crippen molar-refractivity contribution in [1.82, 2.24) is 5.32 Å². The van der Waals surface area contributed by atoms with Gasteiger partial charge in [-0.3, -0.25) is 4.79 Å². The number of benzene rings is 1. The molecule has 14 heavy (non-hydrogen) atoms. The van der Waals surface area contributed by atoms with Crippen molar-refractivity contribution in [2.24, 2.45) is 0 Å². The number of nitrogens with one attached hydrogen (secondary N) is 1. The van der Waals surface area contributed by atoms with Crippen molar-refractivity contribution in [3.8, 4) is 0 Å². The van der Waals surface area contributed by atoms with Gasteiger partial charge in [0.1, 0.15) is 6.04 Å². The van der Waals surface area contributed by atoms with E-state index in [1.54, 1.807) is 6.92 Å². The molecule has 4 heteroatoms. The van der Waals surface area contributed by atoms with Crippen molar-refractivity contribution in [1.29, 1.82) is 0 Å². The second-order valence-electron chi connectivity index (χ2n) is 2.93. The minimum absolute atomic E-state index is 0. The van der Waals surface area contributed by atoms with E-state index in [0.29, 0.717) is 6.54 Å². The molecule has 78 valence electrons. The molecule has 0 radical (unpaired) electrons. The fourth-order valence-corrected chi connectivity index (χ4v) is 0.954. The molecule has 0 amide bonds. The van der Waals surface area contributed by atoms with Gasteiger partial charge in [-0.05, 0) is 12.5 Å². The van der Waals surface area contributed by atoms with Crippen molar-refractivity contribution in [3.05, 3.63) is 35.9 Å². The molecule has 3 nitrogen and oxygen atoms in total. The number of rotatable bonds is 4. The monoisotopic (exact) mass is 215 g/mol. The van der Waals surface area contributed by atoms with E-state index in [0.717, 1.165) is 5.56 Å². The summed E-state index contributed by atoms with van der Waals surface area (Å²) < 4.78 is 0. The summed E-state index contributed by atoms with van der Waals surface area (Å²) in [6, 6.07) is 9.22. The quantitative estimate of drug-likeness (QED) is 0.804. The molecule has 0 fully saturated rings. The first kappa shape index (κ1) is 12.9. The van der Waals surface area contributed by atoms with Crippen LogP contribution in [0.3, 0.4) is 0 Å². The Bertz CT molecular complexity index is 277. The highest BCUT2D eigenvalue weighted by Crippen LogP contribution is 1.97. The molecule has 0 heterocycles. The van der Waals surface area contributed by atoms with E-state index in [-0.39, 0.29) is 12.4 Å². The number of carboxylic acids is 1. The van der Waals surface area contributed by atoms with Gasteiger partial charge in [-0.1, -0.05) is 30.3 Å². The summed E-state index contributed by atoms with van der Waals surface area (Å²) in [4.78, 5) is 10.5. The average molecular weight is 216 g/mol. The van der Waals surface area contributed by atoms with Gasteiger partial charge in [0.2, 0.25) is 0 Å². The van der Waals surface area contributed by atoms with Crippen LogP contribution in [0.4, 0.5) is 0 Å². The highest BCUT2D eigenvalue weighted by Gasteiger charge is 2.08. The zero-order valence-corrected chi connectivity index (χ0v) is 8.75. The summed E-state index contributed by atoms with van der Waals surface area (Å²) in [7, 11) is 0. The Morgan fingerprint density at radius 2 is 2.00 bits per heavy atom. The Labute approximate surface area is 89.5 Å². The third-order valence-corrected chi connectivity index (χ3v) is 1.83. The van der Waals surface area contributed by atoms with Gasteiger partial charge in [0.25, 0.3) is 0 Å². The predicted molar refractivity (Wildman–Crippen MR) is 57.6 cm³/mol. The van der Waals surface area contributed by atoms with Gasteiger partial charge in [-0.15, -0.1) is 12.4 Å². The van der Waals surface area contributed by atoms with Crippen molar-refractivity contribution in [3.63, 3.8) is 0 Å². The van der Waals surface area contributed by atoms with Gasteiger partial charge < -0.3 is 10.4 Å². The van der Waals surface area contributed by atoms with Crippen LogP contribution in [0.1, 0.15) is 12.5 Å². The van der Waals surface area contributed by atoms with Crippen LogP contribution in [0, 0.1) is 0 Å². The number of carboxylic acid groups (broad SMARTS) is 1. The lowest BCUT2D eigenvalue weighted by atomic mass is 10.2. The molecule has 0 aliphatic heterocycles. The zero-order valence-electron chi connectivity index (χ0n) is 7.93. The molecular weight excluding hydrogens is 202 g/mol. The lowest BCUT2D eigenvalue weighted by Gasteiger charge is -2.08. The maximum atomic E-state index is 10.5. The van der Waals surface area contributed by atoms with Gasteiger partial charge >= 0.3 is 5.97 Å². The van der Waals surface area contributed by atoms with E-state index in [9.17, 15) is 4.79 Å². The summed E-state index contributed by atoms with van der Waals surface area (Å²) in [5.74, 6) is -0.823. The molecule has 0 aromatic heterocycles. The molecule has 0 unspecified atom stereocenters. The predicted octanol–water partition coefficient (Wildman–Crippen LogP) is 1.67. The number of halogens is 1. The van der Waals surface area contributed by atoms with E-state index in [2.05, 4.69) is 5.32 Å². The standard InChI is InChI=1S/C10H13NO2.ClH/c1-8(10(12)13)11-7-9-5-3-2-4-6-9;/h2-6,8,11H,7H2,1H3,(H,12,13);1H/t8-;/m0./s1. The topological polar surface area (TPSA) is 49.3 Å². The summed E-state index contributed by atoms with van der Waals surface area (Å²) >= 11 is 0. The van der Waals surface area contributed by atoms with Crippen LogP contribution in [0.2, 0.25) is 0 Å². The molecule has 0 aliphatic carbocycles. The lowest BCUT2D eigenvalue weighted by molar-refractivity contribution is -0.139. The van der Waals surface area contributed by atoms with E-state index >= 15 is 0 Å². The number of carbonyl (C=O) groups is 1. The third kappa shape index (κ3) is 4.25. The highest BCUT2D eigenvalue weighted by molar-refractivity contribution is 5.85. The smallest absolute Gasteiger partial charge is 0.320 e. The Hall–Kier alpha value is -1.06. The molecule has 1 aromatic carbocycles. The highest BCUT2D eigenvalue weighted by atomic mass is 35.5. The Morgan fingerprint density at radius 1 is 1.43 bits per heavy atom. The van der Waals surface area contributed by atoms with Crippen molar-refractivity contribution in [2.75, 3.05) is 0 Å². The molecule has 0 saturated heterocycles. The average Bonchev–Trinajstić information content (AvgIpc) is 2.15. The molecule has 1 aromatic rings. The lowest BCUT2D eigenvalue weighted by Crippen LogP contribution is -2.33. The summed E-state index contributed by atoms with van der Waals surface area (Å²) in [6.07, 6.45) is 0. The van der Waals surface area contributed by atoms with Gasteiger partial charge in [0.15, 0.2) is 0 Å². The first-order chi connectivity index (χ1) is 6.20. The second-order valence-corrected chi connectivity index (χ2v) is 2.93. The molecule has 0 saturated carbocycles. The number of hydrogen-bond donors (Lipinski definition) is 2. The van der Waals surface area contributed by atoms with Crippen LogP contribution in [-0.4, -0.2) is 17.1 Å². The molecular formula is C10H14ClNO2. The molecule has 1 atom stereocenters. The fraction of sp³-hybridized carbons (Fsp3) is 0.300. The summed E-state index contributed by atoms with van der Waals surface area (Å²) in [5, 5.41) is 11.5. The Morgan fingerprint density at radius 3 is 2.50 bits per heavy atom. The SMILES string of the molecule is C[C@H](NCc1ccccc1)C(=O)O.Cl. The number of aliphatic carboxylic acids is 1. The van der Waals surface area contributed by atoms with Crippen LogP contribution >= 0.6 is 12.4 Å². The van der Waals surface area contributed by atoms with Crippen LogP contribution in [0.25, 0.3) is 0 Å². The van der Waals surface area contributed by atoms with Crippen molar-refractivity contribution in [2.45, 2.75) is 19.5 Å². The zero-order chi connectivity index (χ0) is 9.68. The van der Waals surface area contributed by atoms with Gasteiger partial charge in [-0.25, -0.2) is 0 Å².